The molecule has 1 aromatic rings. The molecule has 8 heteroatoms. The SMILES string of the molecule is CC(=O)OC1C=CC(C)(O)C(=O)C(C)CC2OC2C2C3OC3(C)[C@@H](C)[C@H]3[C@H](Cc4ccccc4)NC(=O)[C@@]123. The van der Waals surface area contributed by atoms with Crippen LogP contribution in [0.4, 0.5) is 0 Å². The van der Waals surface area contributed by atoms with Crippen LogP contribution in [-0.4, -0.2) is 64.4 Å². The van der Waals surface area contributed by atoms with Crippen molar-refractivity contribution >= 4 is 17.7 Å². The van der Waals surface area contributed by atoms with Gasteiger partial charge in [-0.3, -0.25) is 14.4 Å². The Hall–Kier alpha value is -2.55. The zero-order valence-electron chi connectivity index (χ0n) is 22.5. The van der Waals surface area contributed by atoms with Gasteiger partial charge in [0.25, 0.3) is 0 Å². The molecule has 12 atom stereocenters. The van der Waals surface area contributed by atoms with E-state index < -0.39 is 34.6 Å². The van der Waals surface area contributed by atoms with Gasteiger partial charge < -0.3 is 24.6 Å². The molecule has 8 nitrogen and oxygen atoms in total. The molecule has 204 valence electrons. The average Bonchev–Trinajstić information content (AvgIpc) is 3.74. The topological polar surface area (TPSA) is 118 Å². The summed E-state index contributed by atoms with van der Waals surface area (Å²) in [7, 11) is 0. The molecule has 2 aliphatic carbocycles. The zero-order valence-corrected chi connectivity index (χ0v) is 22.5. The Bertz CT molecular complexity index is 1200. The largest absolute Gasteiger partial charge is 0.457 e. The van der Waals surface area contributed by atoms with Crippen LogP contribution in [0.3, 0.4) is 0 Å². The number of fused-ring (bicyclic) bond motifs is 4. The van der Waals surface area contributed by atoms with Crippen molar-refractivity contribution in [2.45, 2.75) is 89.1 Å². The van der Waals surface area contributed by atoms with E-state index in [2.05, 4.69) is 19.2 Å². The van der Waals surface area contributed by atoms with E-state index in [-0.39, 0.29) is 53.8 Å². The van der Waals surface area contributed by atoms with E-state index in [0.717, 1.165) is 5.56 Å². The Morgan fingerprint density at radius 3 is 2.55 bits per heavy atom. The van der Waals surface area contributed by atoms with Crippen molar-refractivity contribution in [3.63, 3.8) is 0 Å². The van der Waals surface area contributed by atoms with Crippen molar-refractivity contribution in [2.24, 2.45) is 29.1 Å². The second-order valence-corrected chi connectivity index (χ2v) is 12.4. The van der Waals surface area contributed by atoms with Crippen LogP contribution in [0.2, 0.25) is 0 Å². The number of Topliss-reactive ketones (excluding diaryl/α,β-unsaturated/α-hetero) is 1. The normalized spacial score (nSPS) is 48.9. The Morgan fingerprint density at radius 1 is 1.16 bits per heavy atom. The number of hydrogen-bond donors (Lipinski definition) is 2. The molecule has 1 aromatic carbocycles. The molecule has 3 heterocycles. The maximum atomic E-state index is 14.4. The molecule has 0 aromatic heterocycles. The number of carbonyl (C=O) groups excluding carboxylic acids is 3. The van der Waals surface area contributed by atoms with Gasteiger partial charge in [0.05, 0.1) is 23.9 Å². The first-order chi connectivity index (χ1) is 17.9. The molecule has 6 rings (SSSR count). The standard InChI is InChI=1S/C30H37NO7/c1-15-13-20-24(37-20)23-26-29(5,38-26)16(2)22-19(14-18-9-7-6-8-10-18)31-27(34)30(22,23)21(36-17(3)32)11-12-28(4,35)25(15)33/h6-12,15-16,19-24,26,35H,13-14H2,1-5H3,(H,31,34)/t15?,16-,19-,20?,21?,22-,23?,24?,26?,28?,29?,30+/m0/s1. The molecule has 3 aliphatic heterocycles. The van der Waals surface area contributed by atoms with Crippen molar-refractivity contribution in [1.82, 2.24) is 5.32 Å². The first kappa shape index (κ1) is 25.7. The Labute approximate surface area is 223 Å². The number of hydrogen-bond acceptors (Lipinski definition) is 7. The quantitative estimate of drug-likeness (QED) is 0.355. The van der Waals surface area contributed by atoms with Gasteiger partial charge in [0.2, 0.25) is 5.91 Å². The maximum absolute atomic E-state index is 14.4. The van der Waals surface area contributed by atoms with E-state index in [9.17, 15) is 19.5 Å². The number of aliphatic hydroxyl groups is 1. The number of benzene rings is 1. The molecule has 8 unspecified atom stereocenters. The highest BCUT2D eigenvalue weighted by Crippen LogP contribution is 2.69. The van der Waals surface area contributed by atoms with Gasteiger partial charge in [-0.25, -0.2) is 0 Å². The third kappa shape index (κ3) is 3.63. The summed E-state index contributed by atoms with van der Waals surface area (Å²) in [6, 6.07) is 9.80. The van der Waals surface area contributed by atoms with Gasteiger partial charge in [0.15, 0.2) is 5.78 Å². The predicted molar refractivity (Wildman–Crippen MR) is 137 cm³/mol. The number of carbonyl (C=O) groups is 3. The van der Waals surface area contributed by atoms with Gasteiger partial charge in [0.1, 0.15) is 17.1 Å². The zero-order chi connectivity index (χ0) is 27.2. The van der Waals surface area contributed by atoms with Gasteiger partial charge >= 0.3 is 5.97 Å². The Kier molecular flexibility index (Phi) is 5.73. The highest BCUT2D eigenvalue weighted by molar-refractivity contribution is 5.91. The minimum absolute atomic E-state index is 0.0359. The molecular weight excluding hydrogens is 486 g/mol. The van der Waals surface area contributed by atoms with Crippen LogP contribution in [0.25, 0.3) is 0 Å². The molecule has 0 radical (unpaired) electrons. The van der Waals surface area contributed by atoms with Crippen LogP contribution in [-0.2, 0) is 35.0 Å². The Balaban J connectivity index is 1.53. The van der Waals surface area contributed by atoms with Crippen molar-refractivity contribution in [3.8, 4) is 0 Å². The molecule has 5 aliphatic rings. The number of rotatable bonds is 3. The summed E-state index contributed by atoms with van der Waals surface area (Å²) in [5.41, 5.74) is -2.30. The van der Waals surface area contributed by atoms with Crippen LogP contribution in [0.1, 0.15) is 46.6 Å². The van der Waals surface area contributed by atoms with E-state index in [1.54, 1.807) is 13.0 Å². The van der Waals surface area contributed by atoms with Crippen LogP contribution in [0.15, 0.2) is 42.5 Å². The second kappa shape index (κ2) is 8.47. The second-order valence-electron chi connectivity index (χ2n) is 12.4. The number of ether oxygens (including phenoxy) is 3. The van der Waals surface area contributed by atoms with E-state index in [1.165, 1.54) is 19.9 Å². The fraction of sp³-hybridized carbons (Fsp3) is 0.633. The Morgan fingerprint density at radius 2 is 1.87 bits per heavy atom. The summed E-state index contributed by atoms with van der Waals surface area (Å²) >= 11 is 0. The third-order valence-corrected chi connectivity index (χ3v) is 10.1. The smallest absolute Gasteiger partial charge is 0.303 e. The number of esters is 1. The predicted octanol–water partition coefficient (Wildman–Crippen LogP) is 2.37. The lowest BCUT2D eigenvalue weighted by Gasteiger charge is -2.50. The molecule has 2 N–H and O–H groups in total. The lowest BCUT2D eigenvalue weighted by Crippen LogP contribution is -2.62. The van der Waals surface area contributed by atoms with Crippen molar-refractivity contribution in [1.29, 1.82) is 0 Å². The lowest BCUT2D eigenvalue weighted by atomic mass is 9.50. The van der Waals surface area contributed by atoms with Gasteiger partial charge in [-0.15, -0.1) is 0 Å². The van der Waals surface area contributed by atoms with Crippen molar-refractivity contribution in [3.05, 3.63) is 48.0 Å². The maximum Gasteiger partial charge on any atom is 0.303 e. The van der Waals surface area contributed by atoms with Crippen LogP contribution in [0.5, 0.6) is 0 Å². The first-order valence-electron chi connectivity index (χ1n) is 13.7. The van der Waals surface area contributed by atoms with Crippen molar-refractivity contribution in [2.75, 3.05) is 0 Å². The molecule has 38 heavy (non-hydrogen) atoms. The number of amides is 1. The average molecular weight is 524 g/mol. The number of ketones is 1. The summed E-state index contributed by atoms with van der Waals surface area (Å²) in [4.78, 5) is 40.1. The number of nitrogens with one attached hydrogen (secondary N) is 1. The highest BCUT2D eigenvalue weighted by atomic mass is 16.6. The fourth-order valence-electron chi connectivity index (χ4n) is 8.09. The minimum Gasteiger partial charge on any atom is -0.457 e. The van der Waals surface area contributed by atoms with Gasteiger partial charge in [-0.05, 0) is 50.3 Å². The van der Waals surface area contributed by atoms with Gasteiger partial charge in [-0.2, -0.15) is 0 Å². The molecule has 1 spiro atoms. The minimum atomic E-state index is -1.78. The van der Waals surface area contributed by atoms with Gasteiger partial charge in [-0.1, -0.05) is 44.2 Å². The molecule has 1 amide bonds. The molecule has 4 fully saturated rings. The number of epoxide rings is 2. The van der Waals surface area contributed by atoms with Crippen LogP contribution >= 0.6 is 0 Å². The first-order valence-corrected chi connectivity index (χ1v) is 13.7. The van der Waals surface area contributed by atoms with E-state index in [0.29, 0.717) is 12.8 Å². The summed E-state index contributed by atoms with van der Waals surface area (Å²) < 4.78 is 18.6. The van der Waals surface area contributed by atoms with E-state index in [4.69, 9.17) is 14.2 Å². The van der Waals surface area contributed by atoms with Crippen LogP contribution in [0, 0.1) is 29.1 Å². The van der Waals surface area contributed by atoms with Gasteiger partial charge in [0, 0.05) is 30.7 Å². The van der Waals surface area contributed by atoms with E-state index >= 15 is 0 Å². The van der Waals surface area contributed by atoms with Crippen LogP contribution < -0.4 is 5.32 Å². The monoisotopic (exact) mass is 523 g/mol. The van der Waals surface area contributed by atoms with Crippen molar-refractivity contribution < 1.29 is 33.7 Å². The molecular formula is C30H37NO7. The fourth-order valence-corrected chi connectivity index (χ4v) is 8.09. The summed E-state index contributed by atoms with van der Waals surface area (Å²) in [6.45, 7) is 8.78. The summed E-state index contributed by atoms with van der Waals surface area (Å²) in [5, 5.41) is 14.4. The highest BCUT2D eigenvalue weighted by Gasteiger charge is 2.82. The third-order valence-electron chi connectivity index (χ3n) is 10.1. The molecule has 3 saturated heterocycles. The van der Waals surface area contributed by atoms with E-state index in [1.807, 2.05) is 30.3 Å². The molecule has 1 saturated carbocycles. The lowest BCUT2D eigenvalue weighted by molar-refractivity contribution is -0.166. The summed E-state index contributed by atoms with van der Waals surface area (Å²) in [6.07, 6.45) is 2.22. The summed E-state index contributed by atoms with van der Waals surface area (Å²) in [5.74, 6) is -2.17. The molecule has 0 bridgehead atoms.